The maximum atomic E-state index is 11.1. The fourth-order valence-electron chi connectivity index (χ4n) is 1.34. The van der Waals surface area contributed by atoms with Crippen molar-refractivity contribution >= 4 is 15.9 Å². The van der Waals surface area contributed by atoms with Gasteiger partial charge < -0.3 is 0 Å². The van der Waals surface area contributed by atoms with Gasteiger partial charge in [0.05, 0.1) is 4.90 Å². The average molecular weight is 240 g/mol. The summed E-state index contributed by atoms with van der Waals surface area (Å²) in [4.78, 5) is 10.9. The minimum atomic E-state index is -4.31. The molecular weight excluding hydrogens is 228 g/mol. The lowest BCUT2D eigenvalue weighted by molar-refractivity contribution is 0.101. The van der Waals surface area contributed by atoms with E-state index in [1.165, 1.54) is 31.2 Å². The summed E-state index contributed by atoms with van der Waals surface area (Å²) >= 11 is 0. The van der Waals surface area contributed by atoms with Gasteiger partial charge in [-0.25, -0.2) is 0 Å². The summed E-state index contributed by atoms with van der Waals surface area (Å²) < 4.78 is 31.3. The van der Waals surface area contributed by atoms with Crippen LogP contribution in [0.4, 0.5) is 0 Å². The molecule has 0 radical (unpaired) electrons. The lowest BCUT2D eigenvalue weighted by Gasteiger charge is -2.06. The third-order valence-corrected chi connectivity index (χ3v) is 3.05. The van der Waals surface area contributed by atoms with Crippen molar-refractivity contribution in [1.82, 2.24) is 0 Å². The van der Waals surface area contributed by atoms with Gasteiger partial charge in [0.2, 0.25) is 0 Å². The van der Waals surface area contributed by atoms with Crippen molar-refractivity contribution in [2.75, 3.05) is 0 Å². The lowest BCUT2D eigenvalue weighted by Crippen LogP contribution is -2.05. The van der Waals surface area contributed by atoms with Crippen LogP contribution in [-0.2, 0) is 16.5 Å². The highest BCUT2D eigenvalue weighted by atomic mass is 32.2. The number of benzene rings is 1. The third-order valence-electron chi connectivity index (χ3n) is 2.12. The van der Waals surface area contributed by atoms with Gasteiger partial charge in [-0.15, -0.1) is 6.58 Å². The third kappa shape index (κ3) is 2.77. The van der Waals surface area contributed by atoms with Gasteiger partial charge in [0.25, 0.3) is 10.1 Å². The van der Waals surface area contributed by atoms with Crippen LogP contribution in [0.25, 0.3) is 0 Å². The molecule has 0 fully saturated rings. The first-order valence-corrected chi connectivity index (χ1v) is 6.02. The van der Waals surface area contributed by atoms with Gasteiger partial charge in [-0.1, -0.05) is 18.2 Å². The quantitative estimate of drug-likeness (QED) is 0.495. The molecule has 0 amide bonds. The molecule has 0 spiro atoms. The van der Waals surface area contributed by atoms with Crippen LogP contribution in [0.2, 0.25) is 0 Å². The first-order valence-electron chi connectivity index (χ1n) is 4.58. The highest BCUT2D eigenvalue weighted by Gasteiger charge is 2.16. The zero-order chi connectivity index (χ0) is 12.3. The monoisotopic (exact) mass is 240 g/mol. The Hall–Kier alpha value is -1.46. The number of hydrogen-bond acceptors (Lipinski definition) is 3. The number of allylic oxidation sites excluding steroid dienone is 1. The predicted molar refractivity (Wildman–Crippen MR) is 60.2 cm³/mol. The van der Waals surface area contributed by atoms with Crippen molar-refractivity contribution in [2.45, 2.75) is 18.2 Å². The molecule has 4 nitrogen and oxygen atoms in total. The van der Waals surface area contributed by atoms with E-state index in [2.05, 4.69) is 6.58 Å². The molecule has 0 bridgehead atoms. The Balaban J connectivity index is 3.44. The molecule has 86 valence electrons. The molecule has 1 aromatic carbocycles. The summed E-state index contributed by atoms with van der Waals surface area (Å²) in [5.41, 5.74) is 0.669. The van der Waals surface area contributed by atoms with Gasteiger partial charge in [0, 0.05) is 5.56 Å². The van der Waals surface area contributed by atoms with Crippen molar-refractivity contribution in [1.29, 1.82) is 0 Å². The van der Waals surface area contributed by atoms with Crippen LogP contribution >= 0.6 is 0 Å². The maximum Gasteiger partial charge on any atom is 0.294 e. The number of ketones is 1. The number of carbonyl (C=O) groups is 1. The van der Waals surface area contributed by atoms with Gasteiger partial charge in [-0.05, 0) is 25.0 Å². The molecule has 1 rings (SSSR count). The fraction of sp³-hybridized carbons (Fsp3) is 0.182. The lowest BCUT2D eigenvalue weighted by atomic mass is 10.1. The molecule has 0 saturated carbocycles. The Labute approximate surface area is 94.4 Å². The second-order valence-electron chi connectivity index (χ2n) is 3.35. The zero-order valence-electron chi connectivity index (χ0n) is 8.80. The van der Waals surface area contributed by atoms with E-state index in [4.69, 9.17) is 4.55 Å². The Morgan fingerprint density at radius 3 is 2.56 bits per heavy atom. The molecule has 0 aromatic heterocycles. The van der Waals surface area contributed by atoms with E-state index in [-0.39, 0.29) is 16.2 Å². The van der Waals surface area contributed by atoms with Crippen molar-refractivity contribution in [2.24, 2.45) is 0 Å². The van der Waals surface area contributed by atoms with E-state index >= 15 is 0 Å². The average Bonchev–Trinajstić information content (AvgIpc) is 2.16. The molecule has 0 saturated heterocycles. The molecule has 16 heavy (non-hydrogen) atoms. The van der Waals surface area contributed by atoms with E-state index in [9.17, 15) is 13.2 Å². The van der Waals surface area contributed by atoms with Crippen molar-refractivity contribution in [3.63, 3.8) is 0 Å². The first-order chi connectivity index (χ1) is 7.36. The van der Waals surface area contributed by atoms with Crippen LogP contribution in [0.5, 0.6) is 0 Å². The summed E-state index contributed by atoms with van der Waals surface area (Å²) in [5.74, 6) is -0.255. The molecule has 5 heteroatoms. The summed E-state index contributed by atoms with van der Waals surface area (Å²) in [7, 11) is -4.31. The van der Waals surface area contributed by atoms with Crippen LogP contribution in [0, 0.1) is 0 Å². The summed E-state index contributed by atoms with van der Waals surface area (Å²) in [6.07, 6.45) is 1.84. The van der Waals surface area contributed by atoms with Crippen molar-refractivity contribution in [3.05, 3.63) is 42.0 Å². The Bertz CT molecular complexity index is 529. The van der Waals surface area contributed by atoms with E-state index in [0.717, 1.165) is 0 Å². The van der Waals surface area contributed by atoms with Gasteiger partial charge >= 0.3 is 0 Å². The van der Waals surface area contributed by atoms with E-state index in [0.29, 0.717) is 12.0 Å². The minimum absolute atomic E-state index is 0.236. The maximum absolute atomic E-state index is 11.1. The number of hydrogen-bond donors (Lipinski definition) is 1. The SMILES string of the molecule is C=CCc1ccc(C(C)=O)cc1S(=O)(=O)O. The molecule has 0 aliphatic rings. The molecule has 0 atom stereocenters. The summed E-state index contributed by atoms with van der Waals surface area (Å²) in [5, 5.41) is 0. The smallest absolute Gasteiger partial charge is 0.294 e. The normalized spacial score (nSPS) is 11.1. The van der Waals surface area contributed by atoms with Crippen LogP contribution in [0.3, 0.4) is 0 Å². The topological polar surface area (TPSA) is 71.4 Å². The van der Waals surface area contributed by atoms with Crippen molar-refractivity contribution in [3.8, 4) is 0 Å². The Morgan fingerprint density at radius 2 is 2.12 bits per heavy atom. The minimum Gasteiger partial charge on any atom is -0.295 e. The molecule has 1 aromatic rings. The fourth-order valence-corrected chi connectivity index (χ4v) is 2.10. The van der Waals surface area contributed by atoms with E-state index in [1.54, 1.807) is 0 Å². The highest BCUT2D eigenvalue weighted by Crippen LogP contribution is 2.19. The number of Topliss-reactive ketones (excluding diaryl/α,β-unsaturated/α-hetero) is 1. The molecule has 1 N–H and O–H groups in total. The standard InChI is InChI=1S/C11H12O4S/c1-3-4-9-5-6-10(8(2)12)7-11(9)16(13,14)15/h3,5-7H,1,4H2,2H3,(H,13,14,15). The van der Waals surface area contributed by atoms with Crippen molar-refractivity contribution < 1.29 is 17.8 Å². The Kier molecular flexibility index (Phi) is 3.62. The summed E-state index contributed by atoms with van der Waals surface area (Å²) in [6.45, 7) is 4.82. The van der Waals surface area contributed by atoms with E-state index in [1.807, 2.05) is 0 Å². The number of rotatable bonds is 4. The van der Waals surface area contributed by atoms with Crippen LogP contribution < -0.4 is 0 Å². The van der Waals surface area contributed by atoms with Crippen LogP contribution in [0.1, 0.15) is 22.8 Å². The zero-order valence-corrected chi connectivity index (χ0v) is 9.62. The van der Waals surface area contributed by atoms with E-state index < -0.39 is 10.1 Å². The molecule has 0 aliphatic carbocycles. The first kappa shape index (κ1) is 12.6. The highest BCUT2D eigenvalue weighted by molar-refractivity contribution is 7.85. The molecule has 0 aliphatic heterocycles. The predicted octanol–water partition coefficient (Wildman–Crippen LogP) is 1.86. The summed E-state index contributed by atoms with van der Waals surface area (Å²) in [6, 6.07) is 4.20. The largest absolute Gasteiger partial charge is 0.295 e. The molecule has 0 heterocycles. The second kappa shape index (κ2) is 4.59. The molecule has 0 unspecified atom stereocenters. The van der Waals surface area contributed by atoms with Gasteiger partial charge in [0.1, 0.15) is 0 Å². The molecular formula is C11H12O4S. The Morgan fingerprint density at radius 1 is 1.50 bits per heavy atom. The van der Waals surface area contributed by atoms with Crippen LogP contribution in [0.15, 0.2) is 35.7 Å². The van der Waals surface area contributed by atoms with Gasteiger partial charge in [-0.3, -0.25) is 9.35 Å². The van der Waals surface area contributed by atoms with Crippen LogP contribution in [-0.4, -0.2) is 18.8 Å². The second-order valence-corrected chi connectivity index (χ2v) is 4.74. The number of carbonyl (C=O) groups excluding carboxylic acids is 1. The van der Waals surface area contributed by atoms with Gasteiger partial charge in [0.15, 0.2) is 5.78 Å². The van der Waals surface area contributed by atoms with Gasteiger partial charge in [-0.2, -0.15) is 8.42 Å².